The van der Waals surface area contributed by atoms with Crippen molar-refractivity contribution in [1.29, 1.82) is 0 Å². The Balaban J connectivity index is 2.43. The summed E-state index contributed by atoms with van der Waals surface area (Å²) in [6, 6.07) is 4.03. The number of aromatic nitrogens is 1. The fourth-order valence-electron chi connectivity index (χ4n) is 0.965. The van der Waals surface area contributed by atoms with Gasteiger partial charge in [0.25, 0.3) is 0 Å². The van der Waals surface area contributed by atoms with Gasteiger partial charge in [0.15, 0.2) is 0 Å². The Hall–Kier alpha value is -0.420. The molecule has 0 bridgehead atoms. The van der Waals surface area contributed by atoms with E-state index in [1.807, 2.05) is 17.5 Å². The van der Waals surface area contributed by atoms with Gasteiger partial charge in [-0.25, -0.2) is 4.98 Å². The van der Waals surface area contributed by atoms with E-state index in [4.69, 9.17) is 17.3 Å². The molecule has 2 rings (SSSR count). The number of hydrogen-bond donors (Lipinski definition) is 1. The molecule has 0 saturated carbocycles. The zero-order valence-corrected chi connectivity index (χ0v) is 9.05. The lowest BCUT2D eigenvalue weighted by Crippen LogP contribution is -1.92. The van der Waals surface area contributed by atoms with E-state index in [1.165, 1.54) is 0 Å². The molecular formula is C8H7ClN2S2. The number of thiophene rings is 1. The smallest absolute Gasteiger partial charge is 0.145 e. The van der Waals surface area contributed by atoms with Crippen LogP contribution >= 0.6 is 34.3 Å². The van der Waals surface area contributed by atoms with Crippen LogP contribution in [-0.2, 0) is 6.54 Å². The van der Waals surface area contributed by atoms with E-state index >= 15 is 0 Å². The molecule has 0 atom stereocenters. The van der Waals surface area contributed by atoms with Crippen LogP contribution in [0.5, 0.6) is 0 Å². The molecule has 2 heterocycles. The van der Waals surface area contributed by atoms with Crippen molar-refractivity contribution in [3.8, 4) is 9.88 Å². The molecule has 0 amide bonds. The Morgan fingerprint density at radius 1 is 1.54 bits per heavy atom. The molecule has 0 saturated heterocycles. The van der Waals surface area contributed by atoms with E-state index in [0.717, 1.165) is 14.8 Å². The fourth-order valence-corrected chi connectivity index (χ4v) is 2.92. The van der Waals surface area contributed by atoms with Crippen LogP contribution in [0.1, 0.15) is 4.88 Å². The lowest BCUT2D eigenvalue weighted by molar-refractivity contribution is 1.10. The summed E-state index contributed by atoms with van der Waals surface area (Å²) in [4.78, 5) is 6.33. The Kier molecular flexibility index (Phi) is 2.64. The first-order valence-electron chi connectivity index (χ1n) is 3.70. The molecule has 2 aromatic heterocycles. The van der Waals surface area contributed by atoms with Crippen molar-refractivity contribution < 1.29 is 0 Å². The number of halogens is 1. The number of thiazole rings is 1. The molecule has 2 nitrogen and oxygen atoms in total. The van der Waals surface area contributed by atoms with Crippen LogP contribution in [0.25, 0.3) is 9.88 Å². The van der Waals surface area contributed by atoms with Gasteiger partial charge in [0, 0.05) is 6.54 Å². The maximum Gasteiger partial charge on any atom is 0.145 e. The summed E-state index contributed by atoms with van der Waals surface area (Å²) in [5, 5.41) is 3.52. The fraction of sp³-hybridized carbons (Fsp3) is 0.125. The maximum atomic E-state index is 5.89. The van der Waals surface area contributed by atoms with Gasteiger partial charge >= 0.3 is 0 Å². The van der Waals surface area contributed by atoms with Crippen LogP contribution in [0.4, 0.5) is 0 Å². The molecule has 0 radical (unpaired) electrons. The first-order valence-corrected chi connectivity index (χ1v) is 5.78. The molecule has 13 heavy (non-hydrogen) atoms. The van der Waals surface area contributed by atoms with E-state index in [-0.39, 0.29) is 0 Å². The van der Waals surface area contributed by atoms with E-state index < -0.39 is 0 Å². The van der Waals surface area contributed by atoms with Crippen molar-refractivity contribution in [1.82, 2.24) is 4.98 Å². The molecule has 5 heteroatoms. The topological polar surface area (TPSA) is 38.9 Å². The summed E-state index contributed by atoms with van der Waals surface area (Å²) >= 11 is 9.10. The highest BCUT2D eigenvalue weighted by atomic mass is 35.5. The van der Waals surface area contributed by atoms with Gasteiger partial charge < -0.3 is 5.73 Å². The van der Waals surface area contributed by atoms with Crippen LogP contribution in [0.15, 0.2) is 17.5 Å². The summed E-state index contributed by atoms with van der Waals surface area (Å²) in [6.45, 7) is 0.460. The van der Waals surface area contributed by atoms with E-state index in [1.54, 1.807) is 22.7 Å². The Labute approximate surface area is 89.0 Å². The molecule has 0 spiro atoms. The molecule has 2 N–H and O–H groups in total. The normalized spacial score (nSPS) is 10.6. The van der Waals surface area contributed by atoms with Gasteiger partial charge in [-0.3, -0.25) is 0 Å². The van der Waals surface area contributed by atoms with Crippen molar-refractivity contribution in [2.75, 3.05) is 0 Å². The predicted molar refractivity (Wildman–Crippen MR) is 58.3 cm³/mol. The third-order valence-corrected chi connectivity index (χ3v) is 4.11. The first kappa shape index (κ1) is 9.15. The molecular weight excluding hydrogens is 224 g/mol. The highest BCUT2D eigenvalue weighted by Crippen LogP contribution is 2.32. The standard InChI is InChI=1S/C8H7ClN2S2/c9-7-6(4-10)13-8(11-7)5-2-1-3-12-5/h1-3H,4,10H2. The van der Waals surface area contributed by atoms with Crippen LogP contribution in [0.2, 0.25) is 5.15 Å². The minimum Gasteiger partial charge on any atom is -0.326 e. The Morgan fingerprint density at radius 3 is 2.92 bits per heavy atom. The van der Waals surface area contributed by atoms with Gasteiger partial charge in [-0.2, -0.15) is 0 Å². The highest BCUT2D eigenvalue weighted by molar-refractivity contribution is 7.21. The molecule has 0 unspecified atom stereocenters. The van der Waals surface area contributed by atoms with Crippen LogP contribution in [-0.4, -0.2) is 4.98 Å². The molecule has 0 aliphatic carbocycles. The molecule has 0 aromatic carbocycles. The second kappa shape index (κ2) is 3.75. The molecule has 0 aliphatic rings. The predicted octanol–water partition coefficient (Wildman–Crippen LogP) is 2.98. The zero-order chi connectivity index (χ0) is 9.26. The van der Waals surface area contributed by atoms with Crippen molar-refractivity contribution >= 4 is 34.3 Å². The molecule has 68 valence electrons. The summed E-state index contributed by atoms with van der Waals surface area (Å²) in [7, 11) is 0. The summed E-state index contributed by atoms with van der Waals surface area (Å²) < 4.78 is 0. The van der Waals surface area contributed by atoms with E-state index in [9.17, 15) is 0 Å². The third-order valence-electron chi connectivity index (χ3n) is 1.57. The highest BCUT2D eigenvalue weighted by Gasteiger charge is 2.09. The minimum absolute atomic E-state index is 0.460. The molecule has 2 aromatic rings. The minimum atomic E-state index is 0.460. The largest absolute Gasteiger partial charge is 0.326 e. The molecule has 0 aliphatic heterocycles. The first-order chi connectivity index (χ1) is 6.31. The Morgan fingerprint density at radius 2 is 2.38 bits per heavy atom. The van der Waals surface area contributed by atoms with Crippen molar-refractivity contribution in [3.63, 3.8) is 0 Å². The van der Waals surface area contributed by atoms with Gasteiger partial charge in [0.05, 0.1) is 9.75 Å². The summed E-state index contributed by atoms with van der Waals surface area (Å²) in [5.74, 6) is 0. The average Bonchev–Trinajstić information content (AvgIpc) is 2.71. The van der Waals surface area contributed by atoms with Crippen molar-refractivity contribution in [2.45, 2.75) is 6.54 Å². The second-order valence-electron chi connectivity index (χ2n) is 2.41. The number of hydrogen-bond acceptors (Lipinski definition) is 4. The van der Waals surface area contributed by atoms with Gasteiger partial charge in [-0.1, -0.05) is 17.7 Å². The monoisotopic (exact) mass is 230 g/mol. The number of nitrogens with zero attached hydrogens (tertiary/aromatic N) is 1. The molecule has 0 fully saturated rings. The summed E-state index contributed by atoms with van der Waals surface area (Å²) in [5.41, 5.74) is 5.51. The quantitative estimate of drug-likeness (QED) is 0.862. The average molecular weight is 231 g/mol. The van der Waals surface area contributed by atoms with Gasteiger partial charge in [0.2, 0.25) is 0 Å². The van der Waals surface area contributed by atoms with Crippen LogP contribution < -0.4 is 5.73 Å². The van der Waals surface area contributed by atoms with Gasteiger partial charge in [-0.15, -0.1) is 22.7 Å². The van der Waals surface area contributed by atoms with Crippen LogP contribution in [0.3, 0.4) is 0 Å². The van der Waals surface area contributed by atoms with E-state index in [0.29, 0.717) is 11.7 Å². The van der Waals surface area contributed by atoms with Crippen LogP contribution in [0, 0.1) is 0 Å². The zero-order valence-electron chi connectivity index (χ0n) is 6.66. The van der Waals surface area contributed by atoms with E-state index in [2.05, 4.69) is 4.98 Å². The van der Waals surface area contributed by atoms with Gasteiger partial charge in [-0.05, 0) is 11.4 Å². The SMILES string of the molecule is NCc1sc(-c2cccs2)nc1Cl. The van der Waals surface area contributed by atoms with Gasteiger partial charge in [0.1, 0.15) is 10.2 Å². The third kappa shape index (κ3) is 1.76. The maximum absolute atomic E-state index is 5.89. The van der Waals surface area contributed by atoms with Crippen molar-refractivity contribution in [3.05, 3.63) is 27.5 Å². The number of nitrogens with two attached hydrogens (primary N) is 1. The Bertz CT molecular complexity index is 394. The lowest BCUT2D eigenvalue weighted by Gasteiger charge is -1.85. The second-order valence-corrected chi connectivity index (χ2v) is 4.80. The lowest BCUT2D eigenvalue weighted by atomic mass is 10.5. The summed E-state index contributed by atoms with van der Waals surface area (Å²) in [6.07, 6.45) is 0. The number of rotatable bonds is 2. The van der Waals surface area contributed by atoms with Crippen molar-refractivity contribution in [2.24, 2.45) is 5.73 Å².